The van der Waals surface area contributed by atoms with Crippen LogP contribution in [-0.4, -0.2) is 61.8 Å². The molecule has 1 heterocycles. The molecule has 1 saturated heterocycles. The molecule has 0 bridgehead atoms. The summed E-state index contributed by atoms with van der Waals surface area (Å²) in [6.07, 6.45) is 0.248. The number of hydrogen-bond acceptors (Lipinski definition) is 5. The fraction of sp³-hybridized carbons (Fsp3) is 0.500. The lowest BCUT2D eigenvalue weighted by atomic mass is 10.1. The van der Waals surface area contributed by atoms with Gasteiger partial charge in [0, 0.05) is 44.1 Å². The molecule has 1 aromatic rings. The zero-order chi connectivity index (χ0) is 18.2. The average molecular weight is 384 g/mol. The monoisotopic (exact) mass is 383 g/mol. The molecule has 0 saturated carbocycles. The van der Waals surface area contributed by atoms with Crippen LogP contribution in [0.1, 0.15) is 30.1 Å². The quantitative estimate of drug-likeness (QED) is 0.686. The van der Waals surface area contributed by atoms with E-state index < -0.39 is 0 Å². The van der Waals surface area contributed by atoms with E-state index in [0.717, 1.165) is 13.1 Å². The maximum atomic E-state index is 12.2. The average Bonchev–Trinajstić information content (AvgIpc) is 2.64. The zero-order valence-electron chi connectivity index (χ0n) is 15.1. The highest BCUT2D eigenvalue weighted by Gasteiger charge is 2.23. The van der Waals surface area contributed by atoms with Crippen LogP contribution in [0.25, 0.3) is 0 Å². The largest absolute Gasteiger partial charge is 0.497 e. The molecular formula is C18H26ClN3O4. The van der Waals surface area contributed by atoms with E-state index in [1.165, 1.54) is 0 Å². The summed E-state index contributed by atoms with van der Waals surface area (Å²) in [5.41, 5.74) is 0.506. The first kappa shape index (κ1) is 21.9. The maximum absolute atomic E-state index is 12.2. The van der Waals surface area contributed by atoms with Crippen LogP contribution in [0, 0.1) is 0 Å². The van der Waals surface area contributed by atoms with E-state index in [4.69, 9.17) is 4.74 Å². The number of Topliss-reactive ketones (excluding diaryl/α,β-unsaturated/α-hetero) is 1. The first-order valence-corrected chi connectivity index (χ1v) is 8.45. The first-order chi connectivity index (χ1) is 12.0. The van der Waals surface area contributed by atoms with Crippen LogP contribution < -0.4 is 15.4 Å². The van der Waals surface area contributed by atoms with Crippen molar-refractivity contribution >= 4 is 30.0 Å². The Morgan fingerprint density at radius 3 is 2.54 bits per heavy atom. The molecule has 0 radical (unpaired) electrons. The van der Waals surface area contributed by atoms with E-state index in [-0.39, 0.29) is 55.4 Å². The molecule has 1 aliphatic heterocycles. The number of hydrogen-bond donors (Lipinski definition) is 2. The van der Waals surface area contributed by atoms with Gasteiger partial charge in [-0.15, -0.1) is 12.4 Å². The third kappa shape index (κ3) is 6.31. The van der Waals surface area contributed by atoms with E-state index in [1.807, 2.05) is 6.92 Å². The highest BCUT2D eigenvalue weighted by atomic mass is 35.5. The van der Waals surface area contributed by atoms with Gasteiger partial charge in [-0.25, -0.2) is 0 Å². The first-order valence-electron chi connectivity index (χ1n) is 8.45. The van der Waals surface area contributed by atoms with Crippen LogP contribution in [0.5, 0.6) is 5.75 Å². The number of piperazine rings is 1. The topological polar surface area (TPSA) is 87.7 Å². The van der Waals surface area contributed by atoms with Gasteiger partial charge in [-0.3, -0.25) is 14.4 Å². The van der Waals surface area contributed by atoms with Crippen molar-refractivity contribution in [3.8, 4) is 5.75 Å². The number of carbonyl (C=O) groups is 3. The fourth-order valence-corrected chi connectivity index (χ4v) is 2.72. The molecule has 144 valence electrons. The second-order valence-electron chi connectivity index (χ2n) is 6.07. The number of nitrogens with one attached hydrogen (secondary N) is 2. The molecule has 7 nitrogen and oxygen atoms in total. The predicted octanol–water partition coefficient (Wildman–Crippen LogP) is 1.02. The lowest BCUT2D eigenvalue weighted by Gasteiger charge is -2.34. The van der Waals surface area contributed by atoms with Gasteiger partial charge < -0.3 is 20.3 Å². The SMILES string of the molecule is COc1ccc(C(=O)CNC(=O)CCC(=O)N2CCNC[C@H]2C)cc1.Cl. The summed E-state index contributed by atoms with van der Waals surface area (Å²) < 4.78 is 5.04. The number of ether oxygens (including phenoxy) is 1. The Hall–Kier alpha value is -2.12. The number of ketones is 1. The number of carbonyl (C=O) groups excluding carboxylic acids is 3. The van der Waals surface area contributed by atoms with Crippen molar-refractivity contribution in [2.45, 2.75) is 25.8 Å². The maximum Gasteiger partial charge on any atom is 0.223 e. The molecule has 1 aromatic carbocycles. The Balaban J connectivity index is 0.00000338. The van der Waals surface area contributed by atoms with Gasteiger partial charge in [0.1, 0.15) is 5.75 Å². The molecule has 2 rings (SSSR count). The Bertz CT molecular complexity index is 621. The van der Waals surface area contributed by atoms with Gasteiger partial charge in [0.05, 0.1) is 13.7 Å². The summed E-state index contributed by atoms with van der Waals surface area (Å²) in [5, 5.41) is 5.80. The minimum Gasteiger partial charge on any atom is -0.497 e. The standard InChI is InChI=1S/C18H25N3O4.ClH/c1-13-11-19-9-10-21(13)18(24)8-7-17(23)20-12-16(22)14-3-5-15(25-2)6-4-14;/h3-6,13,19H,7-12H2,1-2H3,(H,20,23);1H/t13-;/m1./s1. The van der Waals surface area contributed by atoms with Crippen LogP contribution in [0.15, 0.2) is 24.3 Å². The smallest absolute Gasteiger partial charge is 0.223 e. The van der Waals surface area contributed by atoms with E-state index in [0.29, 0.717) is 17.9 Å². The second-order valence-corrected chi connectivity index (χ2v) is 6.07. The number of rotatable bonds is 7. The molecule has 0 spiro atoms. The minimum absolute atomic E-state index is 0. The van der Waals surface area contributed by atoms with E-state index in [2.05, 4.69) is 10.6 Å². The van der Waals surface area contributed by atoms with Crippen molar-refractivity contribution in [2.75, 3.05) is 33.3 Å². The Labute approximate surface area is 159 Å². The van der Waals surface area contributed by atoms with Crippen molar-refractivity contribution in [1.82, 2.24) is 15.5 Å². The van der Waals surface area contributed by atoms with Crippen molar-refractivity contribution in [2.24, 2.45) is 0 Å². The molecule has 26 heavy (non-hydrogen) atoms. The normalized spacial score (nSPS) is 16.4. The molecule has 0 aliphatic carbocycles. The summed E-state index contributed by atoms with van der Waals surface area (Å²) in [7, 11) is 1.56. The molecule has 2 amide bonds. The third-order valence-electron chi connectivity index (χ3n) is 4.25. The van der Waals surface area contributed by atoms with E-state index in [1.54, 1.807) is 36.3 Å². The van der Waals surface area contributed by atoms with Gasteiger partial charge in [-0.1, -0.05) is 0 Å². The lowest BCUT2D eigenvalue weighted by molar-refractivity contribution is -0.136. The molecule has 8 heteroatoms. The van der Waals surface area contributed by atoms with Crippen LogP contribution in [0.2, 0.25) is 0 Å². The van der Waals surface area contributed by atoms with Crippen LogP contribution in [0.3, 0.4) is 0 Å². The third-order valence-corrected chi connectivity index (χ3v) is 4.25. The highest BCUT2D eigenvalue weighted by Crippen LogP contribution is 2.11. The molecule has 1 aliphatic rings. The van der Waals surface area contributed by atoms with Gasteiger partial charge in [0.25, 0.3) is 0 Å². The molecule has 2 N–H and O–H groups in total. The minimum atomic E-state index is -0.294. The van der Waals surface area contributed by atoms with E-state index >= 15 is 0 Å². The highest BCUT2D eigenvalue weighted by molar-refractivity contribution is 5.99. The van der Waals surface area contributed by atoms with Crippen molar-refractivity contribution in [3.63, 3.8) is 0 Å². The van der Waals surface area contributed by atoms with Crippen LogP contribution >= 0.6 is 12.4 Å². The van der Waals surface area contributed by atoms with Gasteiger partial charge in [-0.2, -0.15) is 0 Å². The molecule has 1 atom stereocenters. The zero-order valence-corrected chi connectivity index (χ0v) is 15.9. The number of nitrogens with zero attached hydrogens (tertiary/aromatic N) is 1. The van der Waals surface area contributed by atoms with Crippen molar-refractivity contribution in [3.05, 3.63) is 29.8 Å². The molecule has 0 unspecified atom stereocenters. The van der Waals surface area contributed by atoms with E-state index in [9.17, 15) is 14.4 Å². The number of benzene rings is 1. The number of amides is 2. The Morgan fingerprint density at radius 1 is 1.23 bits per heavy atom. The molecular weight excluding hydrogens is 358 g/mol. The summed E-state index contributed by atoms with van der Waals surface area (Å²) in [6.45, 7) is 4.12. The van der Waals surface area contributed by atoms with Crippen molar-refractivity contribution in [1.29, 1.82) is 0 Å². The second kappa shape index (κ2) is 10.8. The number of halogens is 1. The van der Waals surface area contributed by atoms with Gasteiger partial charge in [0.15, 0.2) is 5.78 Å². The fourth-order valence-electron chi connectivity index (χ4n) is 2.72. The summed E-state index contributed by atoms with van der Waals surface area (Å²) >= 11 is 0. The number of methoxy groups -OCH3 is 1. The van der Waals surface area contributed by atoms with Crippen molar-refractivity contribution < 1.29 is 19.1 Å². The Morgan fingerprint density at radius 2 is 1.92 bits per heavy atom. The molecule has 0 aromatic heterocycles. The van der Waals surface area contributed by atoms with Gasteiger partial charge in [-0.05, 0) is 31.2 Å². The van der Waals surface area contributed by atoms with Gasteiger partial charge >= 0.3 is 0 Å². The lowest BCUT2D eigenvalue weighted by Crippen LogP contribution is -2.52. The summed E-state index contributed by atoms with van der Waals surface area (Å²) in [6, 6.07) is 6.84. The van der Waals surface area contributed by atoms with Crippen LogP contribution in [-0.2, 0) is 9.59 Å². The summed E-state index contributed by atoms with van der Waals surface area (Å²) in [4.78, 5) is 37.9. The Kier molecular flexibility index (Phi) is 9.09. The van der Waals surface area contributed by atoms with Crippen LogP contribution in [0.4, 0.5) is 0 Å². The predicted molar refractivity (Wildman–Crippen MR) is 101 cm³/mol. The molecule has 1 fully saturated rings. The van der Waals surface area contributed by atoms with Gasteiger partial charge in [0.2, 0.25) is 11.8 Å². The summed E-state index contributed by atoms with van der Waals surface area (Å²) in [5.74, 6) is 0.169.